The first-order chi connectivity index (χ1) is 23.5. The van der Waals surface area contributed by atoms with Gasteiger partial charge in [-0.15, -0.1) is 0 Å². The summed E-state index contributed by atoms with van der Waals surface area (Å²) in [6.07, 6.45) is 20.8. The SMILES string of the molecule is C=C(O[Si](CCCC)(CCCC)O[Si](CCCC)(CCCC)O[Si](CCCC)(CCCC)O[Si](CCCC)(CCCC)CCCC)C(C)=O. The summed E-state index contributed by atoms with van der Waals surface area (Å²) in [5.41, 5.74) is 0. The number of unbranched alkanes of at least 4 members (excludes halogenated alkanes) is 9. The third-order valence-electron chi connectivity index (χ3n) is 10.3. The van der Waals surface area contributed by atoms with Crippen LogP contribution in [0.25, 0.3) is 0 Å². The predicted molar refractivity (Wildman–Crippen MR) is 225 cm³/mol. The lowest BCUT2D eigenvalue weighted by Gasteiger charge is -2.49. The number of carbonyl (C=O) groups excluding carboxylic acids is 1. The lowest BCUT2D eigenvalue weighted by molar-refractivity contribution is -0.115. The molecule has 0 aromatic rings. The molecule has 0 fully saturated rings. The molecule has 5 nitrogen and oxygen atoms in total. The highest BCUT2D eigenvalue weighted by atomic mass is 28.5. The number of hydrogen-bond acceptors (Lipinski definition) is 5. The minimum Gasteiger partial charge on any atom is -0.518 e. The van der Waals surface area contributed by atoms with Gasteiger partial charge in [-0.05, 0) is 42.3 Å². The summed E-state index contributed by atoms with van der Waals surface area (Å²) in [7, 11) is -10.5. The van der Waals surface area contributed by atoms with E-state index in [4.69, 9.17) is 16.8 Å². The summed E-state index contributed by atoms with van der Waals surface area (Å²) in [6, 6.07) is 9.76. The van der Waals surface area contributed by atoms with Gasteiger partial charge >= 0.3 is 25.7 Å². The second-order valence-electron chi connectivity index (χ2n) is 15.2. The van der Waals surface area contributed by atoms with Crippen molar-refractivity contribution in [2.75, 3.05) is 0 Å². The predicted octanol–water partition coefficient (Wildman–Crippen LogP) is 14.6. The number of allylic oxidation sites excluding steroid dienone is 1. The molecule has 0 N–H and O–H groups in total. The van der Waals surface area contributed by atoms with E-state index in [1.54, 1.807) is 6.92 Å². The zero-order valence-electron chi connectivity index (χ0n) is 34.8. The molecule has 0 bridgehead atoms. The number of carbonyl (C=O) groups is 1. The molecule has 0 radical (unpaired) electrons. The lowest BCUT2D eigenvalue weighted by Crippen LogP contribution is -2.63. The van der Waals surface area contributed by atoms with Crippen LogP contribution in [0, 0.1) is 0 Å². The van der Waals surface area contributed by atoms with E-state index in [1.807, 2.05) is 0 Å². The van der Waals surface area contributed by atoms with Gasteiger partial charge in [0.1, 0.15) is 5.76 Å². The molecular formula is C40H86O5Si4. The molecule has 9 heteroatoms. The lowest BCUT2D eigenvalue weighted by atomic mass is 10.4. The third kappa shape index (κ3) is 19.6. The van der Waals surface area contributed by atoms with Crippen molar-refractivity contribution in [2.45, 2.75) is 239 Å². The topological polar surface area (TPSA) is 54.0 Å². The average molecular weight is 759 g/mol. The Labute approximate surface area is 311 Å². The summed E-state index contributed by atoms with van der Waals surface area (Å²) in [6.45, 7) is 26.6. The highest BCUT2D eigenvalue weighted by molar-refractivity contribution is 6.91. The zero-order chi connectivity index (χ0) is 37.1. The van der Waals surface area contributed by atoms with Crippen molar-refractivity contribution in [1.82, 2.24) is 0 Å². The van der Waals surface area contributed by atoms with Gasteiger partial charge in [0.2, 0.25) is 0 Å². The Bertz CT molecular complexity index is 794. The quantitative estimate of drug-likeness (QED) is 0.0362. The summed E-state index contributed by atoms with van der Waals surface area (Å²) in [5, 5.41) is 0. The van der Waals surface area contributed by atoms with Crippen molar-refractivity contribution in [3.05, 3.63) is 12.3 Å². The Morgan fingerprint density at radius 1 is 0.408 bits per heavy atom. The minimum atomic E-state index is -2.89. The maximum absolute atomic E-state index is 12.7. The molecule has 292 valence electrons. The molecule has 0 aliphatic heterocycles. The minimum absolute atomic E-state index is 0.0831. The molecule has 0 aliphatic rings. The van der Waals surface area contributed by atoms with Gasteiger partial charge in [-0.2, -0.15) is 0 Å². The van der Waals surface area contributed by atoms with E-state index < -0.39 is 34.0 Å². The molecule has 49 heavy (non-hydrogen) atoms. The number of Topliss-reactive ketones (excluding diaryl/α,β-unsaturated/α-hetero) is 1. The maximum Gasteiger partial charge on any atom is 0.390 e. The van der Waals surface area contributed by atoms with Crippen LogP contribution in [0.1, 0.15) is 185 Å². The van der Waals surface area contributed by atoms with Crippen molar-refractivity contribution >= 4 is 39.8 Å². The normalized spacial score (nSPS) is 12.9. The van der Waals surface area contributed by atoms with Crippen LogP contribution >= 0.6 is 0 Å². The van der Waals surface area contributed by atoms with Crippen LogP contribution in [-0.4, -0.2) is 39.8 Å². The van der Waals surface area contributed by atoms with Crippen LogP contribution in [0.5, 0.6) is 0 Å². The van der Waals surface area contributed by atoms with Gasteiger partial charge in [-0.25, -0.2) is 0 Å². The van der Waals surface area contributed by atoms with Crippen LogP contribution in [0.2, 0.25) is 54.4 Å². The van der Waals surface area contributed by atoms with E-state index in [2.05, 4.69) is 68.9 Å². The van der Waals surface area contributed by atoms with Crippen LogP contribution < -0.4 is 0 Å². The van der Waals surface area contributed by atoms with E-state index in [1.165, 1.54) is 56.7 Å². The van der Waals surface area contributed by atoms with Crippen molar-refractivity contribution in [3.63, 3.8) is 0 Å². The van der Waals surface area contributed by atoms with E-state index in [0.29, 0.717) is 0 Å². The summed E-state index contributed by atoms with van der Waals surface area (Å²) < 4.78 is 31.1. The second-order valence-corrected chi connectivity index (χ2v) is 30.2. The molecule has 0 amide bonds. The van der Waals surface area contributed by atoms with E-state index in [0.717, 1.165) is 113 Å². The van der Waals surface area contributed by atoms with Gasteiger partial charge in [0.15, 0.2) is 14.1 Å². The van der Waals surface area contributed by atoms with Gasteiger partial charge < -0.3 is 16.8 Å². The number of rotatable bonds is 36. The standard InChI is InChI=1S/C40H86O5Si4/c1-12-21-30-46(31-22-13-2,32-23-14-3)43-48(35-26-17-6,36-27-18-7)45-49(37-28-19-8,38-29-20-9)44-47(33-24-15-4,34-25-16-5)42-40(11)39(10)41/h11-38H2,1-10H3. The van der Waals surface area contributed by atoms with Gasteiger partial charge in [0, 0.05) is 19.0 Å². The second kappa shape index (κ2) is 28.5. The molecule has 0 unspecified atom stereocenters. The Hall–Kier alpha value is -0.0425. The molecule has 0 aliphatic carbocycles. The molecular weight excluding hydrogens is 673 g/mol. The summed E-state index contributed by atoms with van der Waals surface area (Å²) in [4.78, 5) is 12.7. The monoisotopic (exact) mass is 759 g/mol. The fraction of sp³-hybridized carbons (Fsp3) is 0.925. The van der Waals surface area contributed by atoms with Crippen LogP contribution in [-0.2, 0) is 21.6 Å². The Morgan fingerprint density at radius 2 is 0.653 bits per heavy atom. The van der Waals surface area contributed by atoms with Crippen molar-refractivity contribution < 1.29 is 21.6 Å². The van der Waals surface area contributed by atoms with Gasteiger partial charge in [-0.1, -0.05) is 184 Å². The third-order valence-corrected chi connectivity index (χ3v) is 30.6. The van der Waals surface area contributed by atoms with Crippen molar-refractivity contribution in [1.29, 1.82) is 0 Å². The molecule has 0 rings (SSSR count). The zero-order valence-corrected chi connectivity index (χ0v) is 38.8. The Morgan fingerprint density at radius 3 is 0.939 bits per heavy atom. The van der Waals surface area contributed by atoms with Gasteiger partial charge in [0.25, 0.3) is 0 Å². The van der Waals surface area contributed by atoms with Gasteiger partial charge in [0.05, 0.1) is 0 Å². The first-order valence-electron chi connectivity index (χ1n) is 21.5. The van der Waals surface area contributed by atoms with Crippen molar-refractivity contribution in [3.8, 4) is 0 Å². The Balaban J connectivity index is 7.70. The average Bonchev–Trinajstić information content (AvgIpc) is 3.10. The highest BCUT2D eigenvalue weighted by Crippen LogP contribution is 2.43. The molecule has 0 saturated carbocycles. The Kier molecular flexibility index (Phi) is 28.4. The first kappa shape index (κ1) is 49.0. The molecule has 0 spiro atoms. The molecule has 0 atom stereocenters. The molecule has 0 aromatic heterocycles. The number of ketones is 1. The smallest absolute Gasteiger partial charge is 0.390 e. The van der Waals surface area contributed by atoms with E-state index >= 15 is 0 Å². The highest BCUT2D eigenvalue weighted by Gasteiger charge is 2.56. The number of hydrogen-bond donors (Lipinski definition) is 0. The molecule has 0 saturated heterocycles. The van der Waals surface area contributed by atoms with E-state index in [-0.39, 0.29) is 11.5 Å². The van der Waals surface area contributed by atoms with Crippen LogP contribution in [0.3, 0.4) is 0 Å². The van der Waals surface area contributed by atoms with Crippen LogP contribution in [0.15, 0.2) is 12.3 Å². The summed E-state index contributed by atoms with van der Waals surface area (Å²) in [5.74, 6) is 0.204. The largest absolute Gasteiger partial charge is 0.518 e. The molecule has 0 heterocycles. The van der Waals surface area contributed by atoms with E-state index in [9.17, 15) is 4.79 Å². The first-order valence-corrected chi connectivity index (χ1v) is 30.7. The maximum atomic E-state index is 12.7. The van der Waals surface area contributed by atoms with Crippen molar-refractivity contribution in [2.24, 2.45) is 0 Å². The summed E-state index contributed by atoms with van der Waals surface area (Å²) >= 11 is 0. The molecule has 0 aromatic carbocycles. The van der Waals surface area contributed by atoms with Crippen LogP contribution in [0.4, 0.5) is 0 Å². The van der Waals surface area contributed by atoms with Gasteiger partial charge in [-0.3, -0.25) is 4.79 Å². The fourth-order valence-electron chi connectivity index (χ4n) is 7.12. The fourth-order valence-corrected chi connectivity index (χ4v) is 32.9.